The molecule has 2 rings (SSSR count). The summed E-state index contributed by atoms with van der Waals surface area (Å²) in [5, 5.41) is 3.54. The molecular formula is C11H13ClN6. The van der Waals surface area contributed by atoms with Gasteiger partial charge < -0.3 is 5.32 Å². The van der Waals surface area contributed by atoms with Crippen LogP contribution >= 0.6 is 11.6 Å². The molecule has 4 N–H and O–H groups in total. The zero-order valence-electron chi connectivity index (χ0n) is 9.81. The van der Waals surface area contributed by atoms with Gasteiger partial charge in [-0.1, -0.05) is 17.7 Å². The Hall–Kier alpha value is -1.92. The summed E-state index contributed by atoms with van der Waals surface area (Å²) in [7, 11) is 0. The van der Waals surface area contributed by atoms with Gasteiger partial charge in [0.25, 0.3) is 0 Å². The van der Waals surface area contributed by atoms with Crippen molar-refractivity contribution in [2.45, 2.75) is 13.5 Å². The van der Waals surface area contributed by atoms with Crippen LogP contribution in [0.2, 0.25) is 5.02 Å². The summed E-state index contributed by atoms with van der Waals surface area (Å²) in [6.07, 6.45) is 3.23. The van der Waals surface area contributed by atoms with Gasteiger partial charge in [0.1, 0.15) is 5.02 Å². The maximum Gasteiger partial charge on any atom is 0.239 e. The third-order valence-electron chi connectivity index (χ3n) is 2.41. The molecule has 0 aliphatic rings. The number of anilines is 2. The summed E-state index contributed by atoms with van der Waals surface area (Å²) < 4.78 is 0. The third-order valence-corrected chi connectivity index (χ3v) is 2.69. The van der Waals surface area contributed by atoms with Gasteiger partial charge in [-0.15, -0.1) is 0 Å². The fraction of sp³-hybridized carbons (Fsp3) is 0.182. The van der Waals surface area contributed by atoms with E-state index in [1.165, 1.54) is 6.20 Å². The molecule has 18 heavy (non-hydrogen) atoms. The van der Waals surface area contributed by atoms with Crippen molar-refractivity contribution in [2.24, 2.45) is 5.84 Å². The van der Waals surface area contributed by atoms with E-state index in [0.29, 0.717) is 23.3 Å². The third kappa shape index (κ3) is 2.85. The first-order valence-electron chi connectivity index (χ1n) is 5.34. The Bertz CT molecular complexity index is 545. The molecule has 0 aliphatic heterocycles. The number of hydrogen-bond acceptors (Lipinski definition) is 6. The minimum absolute atomic E-state index is 0.305. The number of hydrazine groups is 1. The average molecular weight is 265 g/mol. The van der Waals surface area contributed by atoms with E-state index in [0.717, 1.165) is 11.3 Å². The fourth-order valence-corrected chi connectivity index (χ4v) is 1.59. The Labute approximate surface area is 110 Å². The first-order valence-corrected chi connectivity index (χ1v) is 5.72. The second kappa shape index (κ2) is 5.61. The molecule has 2 aromatic rings. The normalized spacial score (nSPS) is 10.2. The van der Waals surface area contributed by atoms with E-state index in [4.69, 9.17) is 17.4 Å². The van der Waals surface area contributed by atoms with E-state index in [-0.39, 0.29) is 0 Å². The lowest BCUT2D eigenvalue weighted by atomic mass is 10.2. The molecule has 0 bridgehead atoms. The van der Waals surface area contributed by atoms with Crippen LogP contribution in [0.5, 0.6) is 0 Å². The van der Waals surface area contributed by atoms with Crippen molar-refractivity contribution in [1.82, 2.24) is 15.0 Å². The smallest absolute Gasteiger partial charge is 0.239 e. The molecule has 0 unspecified atom stereocenters. The summed E-state index contributed by atoms with van der Waals surface area (Å²) in [6.45, 7) is 2.53. The summed E-state index contributed by atoms with van der Waals surface area (Å²) >= 11 is 5.98. The lowest BCUT2D eigenvalue weighted by Gasteiger charge is -2.09. The number of pyridine rings is 1. The maximum atomic E-state index is 5.98. The van der Waals surface area contributed by atoms with Crippen molar-refractivity contribution < 1.29 is 0 Å². The van der Waals surface area contributed by atoms with Crippen molar-refractivity contribution in [3.63, 3.8) is 0 Å². The lowest BCUT2D eigenvalue weighted by molar-refractivity contribution is 0.997. The topological polar surface area (TPSA) is 88.8 Å². The number of hydrogen-bond donors (Lipinski definition) is 3. The molecule has 0 aromatic carbocycles. The standard InChI is InChI=1S/C11H13ClN6/c1-7-3-2-4-14-9(7)6-15-10-8(12)5-16-11(17-10)18-13/h2-5H,6,13H2,1H3,(H2,15,16,17,18). The van der Waals surface area contributed by atoms with Crippen molar-refractivity contribution in [1.29, 1.82) is 0 Å². The van der Waals surface area contributed by atoms with E-state index < -0.39 is 0 Å². The van der Waals surface area contributed by atoms with Crippen LogP contribution in [-0.4, -0.2) is 15.0 Å². The summed E-state index contributed by atoms with van der Waals surface area (Å²) in [5.74, 6) is 6.07. The van der Waals surface area contributed by atoms with Gasteiger partial charge in [0, 0.05) is 6.20 Å². The molecule has 0 saturated carbocycles. The highest BCUT2D eigenvalue weighted by Crippen LogP contribution is 2.19. The van der Waals surface area contributed by atoms with E-state index in [2.05, 4.69) is 25.7 Å². The van der Waals surface area contributed by atoms with E-state index in [1.54, 1.807) is 6.20 Å². The van der Waals surface area contributed by atoms with Crippen LogP contribution in [0.25, 0.3) is 0 Å². The van der Waals surface area contributed by atoms with Gasteiger partial charge in [0.2, 0.25) is 5.95 Å². The highest BCUT2D eigenvalue weighted by molar-refractivity contribution is 6.32. The van der Waals surface area contributed by atoms with Gasteiger partial charge in [-0.3, -0.25) is 10.4 Å². The van der Waals surface area contributed by atoms with Crippen LogP contribution in [0.3, 0.4) is 0 Å². The molecule has 7 heteroatoms. The maximum absolute atomic E-state index is 5.98. The van der Waals surface area contributed by atoms with Gasteiger partial charge in [0.05, 0.1) is 18.4 Å². The van der Waals surface area contributed by atoms with Gasteiger partial charge in [0.15, 0.2) is 5.82 Å². The number of aromatic nitrogens is 3. The van der Waals surface area contributed by atoms with Crippen LogP contribution in [0, 0.1) is 6.92 Å². The summed E-state index contributed by atoms with van der Waals surface area (Å²) in [5.41, 5.74) is 4.41. The number of nitrogens with one attached hydrogen (secondary N) is 2. The monoisotopic (exact) mass is 264 g/mol. The van der Waals surface area contributed by atoms with Crippen LogP contribution in [0.15, 0.2) is 24.5 Å². The quantitative estimate of drug-likeness (QED) is 0.576. The van der Waals surface area contributed by atoms with Crippen molar-refractivity contribution in [2.75, 3.05) is 10.7 Å². The minimum Gasteiger partial charge on any atom is -0.363 e. The Morgan fingerprint density at radius 3 is 2.94 bits per heavy atom. The van der Waals surface area contributed by atoms with Crippen LogP contribution in [-0.2, 0) is 6.54 Å². The molecule has 0 atom stereocenters. The number of nitrogen functional groups attached to an aromatic ring is 1. The van der Waals surface area contributed by atoms with Crippen LogP contribution in [0.1, 0.15) is 11.3 Å². The largest absolute Gasteiger partial charge is 0.363 e. The number of nitrogens with zero attached hydrogens (tertiary/aromatic N) is 3. The molecule has 2 aromatic heterocycles. The van der Waals surface area contributed by atoms with E-state index in [9.17, 15) is 0 Å². The van der Waals surface area contributed by atoms with E-state index in [1.807, 2.05) is 19.1 Å². The molecule has 94 valence electrons. The average Bonchev–Trinajstić information content (AvgIpc) is 2.39. The number of rotatable bonds is 4. The Morgan fingerprint density at radius 2 is 2.22 bits per heavy atom. The minimum atomic E-state index is 0.305. The second-order valence-electron chi connectivity index (χ2n) is 3.66. The zero-order valence-corrected chi connectivity index (χ0v) is 10.6. The Balaban J connectivity index is 2.13. The van der Waals surface area contributed by atoms with Gasteiger partial charge in [-0.2, -0.15) is 4.98 Å². The summed E-state index contributed by atoms with van der Waals surface area (Å²) in [4.78, 5) is 12.3. The predicted molar refractivity (Wildman–Crippen MR) is 71.2 cm³/mol. The molecule has 2 heterocycles. The van der Waals surface area contributed by atoms with Crippen molar-refractivity contribution in [3.8, 4) is 0 Å². The molecule has 0 spiro atoms. The highest BCUT2D eigenvalue weighted by Gasteiger charge is 2.05. The molecule has 0 amide bonds. The molecule has 6 nitrogen and oxygen atoms in total. The highest BCUT2D eigenvalue weighted by atomic mass is 35.5. The molecule has 0 aliphatic carbocycles. The first-order chi connectivity index (χ1) is 8.70. The van der Waals surface area contributed by atoms with Crippen molar-refractivity contribution >= 4 is 23.4 Å². The van der Waals surface area contributed by atoms with Crippen molar-refractivity contribution in [3.05, 3.63) is 40.8 Å². The van der Waals surface area contributed by atoms with Crippen LogP contribution < -0.4 is 16.6 Å². The predicted octanol–water partition coefficient (Wildman–Crippen LogP) is 1.73. The van der Waals surface area contributed by atoms with Gasteiger partial charge >= 0.3 is 0 Å². The molecule has 0 fully saturated rings. The zero-order chi connectivity index (χ0) is 13.0. The Kier molecular flexibility index (Phi) is 3.91. The Morgan fingerprint density at radius 1 is 1.39 bits per heavy atom. The molecule has 0 radical (unpaired) electrons. The van der Waals surface area contributed by atoms with Crippen LogP contribution in [0.4, 0.5) is 11.8 Å². The summed E-state index contributed by atoms with van der Waals surface area (Å²) in [6, 6.07) is 3.89. The van der Waals surface area contributed by atoms with E-state index >= 15 is 0 Å². The number of nitrogens with two attached hydrogens (primary N) is 1. The molecular weight excluding hydrogens is 252 g/mol. The molecule has 0 saturated heterocycles. The SMILES string of the molecule is Cc1cccnc1CNc1nc(NN)ncc1Cl. The first kappa shape index (κ1) is 12.5. The fourth-order valence-electron chi connectivity index (χ4n) is 1.43. The number of halogens is 1. The second-order valence-corrected chi connectivity index (χ2v) is 4.06. The lowest BCUT2D eigenvalue weighted by Crippen LogP contribution is -2.12. The number of aryl methyl sites for hydroxylation is 1. The van der Waals surface area contributed by atoms with Gasteiger partial charge in [-0.05, 0) is 18.6 Å². The van der Waals surface area contributed by atoms with Gasteiger partial charge in [-0.25, -0.2) is 10.8 Å².